The Kier molecular flexibility index (Phi) is 8.41. The summed E-state index contributed by atoms with van der Waals surface area (Å²) in [5.41, 5.74) is 6.25. The van der Waals surface area contributed by atoms with Gasteiger partial charge in [0.2, 0.25) is 0 Å². The summed E-state index contributed by atoms with van der Waals surface area (Å²) in [5.74, 6) is 0.596. The number of benzene rings is 3. The summed E-state index contributed by atoms with van der Waals surface area (Å²) in [6.07, 6.45) is 4.12. The van der Waals surface area contributed by atoms with E-state index in [-0.39, 0.29) is 18.2 Å². The molecule has 0 spiro atoms. The molecule has 1 aliphatic heterocycles. The van der Waals surface area contributed by atoms with Crippen molar-refractivity contribution in [2.45, 2.75) is 64.5 Å². The largest absolute Gasteiger partial charge is 0.490 e. The summed E-state index contributed by atoms with van der Waals surface area (Å²) in [7, 11) is 0. The molecule has 3 aromatic rings. The molecule has 7 heteroatoms. The third-order valence-corrected chi connectivity index (χ3v) is 8.91. The summed E-state index contributed by atoms with van der Waals surface area (Å²) in [6, 6.07) is 21.5. The lowest BCUT2D eigenvalue weighted by molar-refractivity contribution is -0.117. The fourth-order valence-electron chi connectivity index (χ4n) is 6.43. The molecule has 0 radical (unpaired) electrons. The summed E-state index contributed by atoms with van der Waals surface area (Å²) >= 11 is 13.3. The van der Waals surface area contributed by atoms with Gasteiger partial charge in [0.15, 0.2) is 23.1 Å². The van der Waals surface area contributed by atoms with Gasteiger partial charge in [0.1, 0.15) is 6.61 Å². The average Bonchev–Trinajstić information content (AvgIpc) is 2.99. The number of rotatable bonds is 8. The van der Waals surface area contributed by atoms with Gasteiger partial charge in [-0.1, -0.05) is 71.7 Å². The Labute approximate surface area is 256 Å². The van der Waals surface area contributed by atoms with Crippen LogP contribution in [0.3, 0.4) is 0 Å². The molecule has 0 fully saturated rings. The van der Waals surface area contributed by atoms with Crippen LogP contribution in [0.2, 0.25) is 10.0 Å². The number of nitrogens with zero attached hydrogens (tertiary/aromatic N) is 1. The topological polar surface area (TPSA) is 55.8 Å². The lowest BCUT2D eigenvalue weighted by Gasteiger charge is -2.44. The first-order chi connectivity index (χ1) is 20.5. The van der Waals surface area contributed by atoms with Crippen LogP contribution < -0.4 is 9.47 Å². The SMILES string of the molecule is CCOc1cc(C2C3=C(CCCC3=O)N(Cc3ccccc3)C3=C2C(=O)CCC3)cc(Cl)c1OCc1ccccc1Cl. The number of ketones is 2. The van der Waals surface area contributed by atoms with Gasteiger partial charge in [0.25, 0.3) is 0 Å². The molecule has 2 aliphatic carbocycles. The number of hydrogen-bond donors (Lipinski definition) is 0. The van der Waals surface area contributed by atoms with Crippen molar-refractivity contribution in [3.63, 3.8) is 0 Å². The van der Waals surface area contributed by atoms with E-state index < -0.39 is 5.92 Å². The summed E-state index contributed by atoms with van der Waals surface area (Å²) in [6.45, 7) is 3.15. The summed E-state index contributed by atoms with van der Waals surface area (Å²) < 4.78 is 12.2. The Morgan fingerprint density at radius 1 is 0.786 bits per heavy atom. The second-order valence-electron chi connectivity index (χ2n) is 10.9. The van der Waals surface area contributed by atoms with E-state index in [1.807, 2.05) is 61.5 Å². The van der Waals surface area contributed by atoms with E-state index in [0.717, 1.165) is 64.9 Å². The van der Waals surface area contributed by atoms with Gasteiger partial charge >= 0.3 is 0 Å². The first-order valence-corrected chi connectivity index (χ1v) is 15.4. The minimum absolute atomic E-state index is 0.0948. The van der Waals surface area contributed by atoms with Crippen LogP contribution >= 0.6 is 23.2 Å². The van der Waals surface area contributed by atoms with E-state index in [1.165, 1.54) is 0 Å². The number of carbonyl (C=O) groups is 2. The second-order valence-corrected chi connectivity index (χ2v) is 11.7. The molecule has 3 aromatic carbocycles. The maximum absolute atomic E-state index is 13.7. The second kappa shape index (κ2) is 12.4. The number of ether oxygens (including phenoxy) is 2. The Balaban J connectivity index is 1.46. The van der Waals surface area contributed by atoms with Gasteiger partial charge in [-0.2, -0.15) is 0 Å². The molecule has 216 valence electrons. The zero-order valence-corrected chi connectivity index (χ0v) is 25.1. The van der Waals surface area contributed by atoms with Crippen LogP contribution in [0, 0.1) is 0 Å². The van der Waals surface area contributed by atoms with Crippen LogP contribution in [0.15, 0.2) is 89.3 Å². The number of hydrogen-bond acceptors (Lipinski definition) is 5. The molecule has 0 atom stereocenters. The number of allylic oxidation sites excluding steroid dienone is 4. The van der Waals surface area contributed by atoms with E-state index >= 15 is 0 Å². The average molecular weight is 603 g/mol. The Morgan fingerprint density at radius 3 is 2.07 bits per heavy atom. The van der Waals surface area contributed by atoms with Gasteiger partial charge in [-0.15, -0.1) is 0 Å². The number of halogens is 2. The van der Waals surface area contributed by atoms with Gasteiger partial charge in [-0.25, -0.2) is 0 Å². The lowest BCUT2D eigenvalue weighted by atomic mass is 9.71. The summed E-state index contributed by atoms with van der Waals surface area (Å²) in [5, 5.41) is 0.974. The van der Waals surface area contributed by atoms with Gasteiger partial charge < -0.3 is 14.4 Å². The molecule has 0 saturated carbocycles. The minimum Gasteiger partial charge on any atom is -0.490 e. The van der Waals surface area contributed by atoms with Gasteiger partial charge in [-0.05, 0) is 61.9 Å². The van der Waals surface area contributed by atoms with Crippen molar-refractivity contribution in [2.75, 3.05) is 6.61 Å². The van der Waals surface area contributed by atoms with Crippen molar-refractivity contribution >= 4 is 34.8 Å². The first-order valence-electron chi connectivity index (χ1n) is 14.6. The van der Waals surface area contributed by atoms with Gasteiger partial charge in [0.05, 0.1) is 11.6 Å². The van der Waals surface area contributed by atoms with Crippen molar-refractivity contribution in [2.24, 2.45) is 0 Å². The smallest absolute Gasteiger partial charge is 0.180 e. The Hall–Kier alpha value is -3.54. The molecular weight excluding hydrogens is 569 g/mol. The minimum atomic E-state index is -0.489. The molecule has 1 heterocycles. The monoisotopic (exact) mass is 601 g/mol. The third-order valence-electron chi connectivity index (χ3n) is 8.26. The predicted molar refractivity (Wildman–Crippen MR) is 165 cm³/mol. The first kappa shape index (κ1) is 28.6. The lowest BCUT2D eigenvalue weighted by Crippen LogP contribution is -2.38. The van der Waals surface area contributed by atoms with Crippen molar-refractivity contribution in [1.82, 2.24) is 4.90 Å². The highest BCUT2D eigenvalue weighted by molar-refractivity contribution is 6.32. The van der Waals surface area contributed by atoms with Gasteiger partial charge in [-0.3, -0.25) is 9.59 Å². The fourth-order valence-corrected chi connectivity index (χ4v) is 6.89. The van der Waals surface area contributed by atoms with Crippen LogP contribution in [0.1, 0.15) is 68.1 Å². The number of carbonyl (C=O) groups excluding carboxylic acids is 2. The van der Waals surface area contributed by atoms with Crippen LogP contribution in [-0.4, -0.2) is 23.1 Å². The van der Waals surface area contributed by atoms with E-state index in [2.05, 4.69) is 17.0 Å². The van der Waals surface area contributed by atoms with Crippen molar-refractivity contribution in [3.05, 3.63) is 116 Å². The highest BCUT2D eigenvalue weighted by Crippen LogP contribution is 2.51. The zero-order chi connectivity index (χ0) is 29.2. The molecular formula is C35H33Cl2NO4. The highest BCUT2D eigenvalue weighted by Gasteiger charge is 2.43. The number of Topliss-reactive ketones (excluding diaryl/α,β-unsaturated/α-hetero) is 2. The maximum Gasteiger partial charge on any atom is 0.180 e. The van der Waals surface area contributed by atoms with Crippen LogP contribution in [0.5, 0.6) is 11.5 Å². The molecule has 0 saturated heterocycles. The van der Waals surface area contributed by atoms with Crippen molar-refractivity contribution < 1.29 is 19.1 Å². The maximum atomic E-state index is 13.7. The summed E-state index contributed by atoms with van der Waals surface area (Å²) in [4.78, 5) is 29.7. The molecule has 6 rings (SSSR count). The molecule has 42 heavy (non-hydrogen) atoms. The quantitative estimate of drug-likeness (QED) is 0.259. The molecule has 0 bridgehead atoms. The zero-order valence-electron chi connectivity index (χ0n) is 23.6. The van der Waals surface area contributed by atoms with Crippen molar-refractivity contribution in [1.29, 1.82) is 0 Å². The molecule has 0 aromatic heterocycles. The molecule has 0 N–H and O–H groups in total. The molecule has 0 amide bonds. The van der Waals surface area contributed by atoms with Crippen LogP contribution in [0.25, 0.3) is 0 Å². The van der Waals surface area contributed by atoms with E-state index in [0.29, 0.717) is 47.5 Å². The molecule has 3 aliphatic rings. The van der Waals surface area contributed by atoms with Crippen LogP contribution in [0.4, 0.5) is 0 Å². The van der Waals surface area contributed by atoms with Crippen molar-refractivity contribution in [3.8, 4) is 11.5 Å². The third kappa shape index (κ3) is 5.48. The van der Waals surface area contributed by atoms with E-state index in [4.69, 9.17) is 32.7 Å². The molecule has 0 unspecified atom stereocenters. The normalized spacial score (nSPS) is 17.4. The Bertz CT molecular complexity index is 1550. The van der Waals surface area contributed by atoms with E-state index in [1.54, 1.807) is 0 Å². The van der Waals surface area contributed by atoms with Gasteiger partial charge in [0, 0.05) is 58.4 Å². The fraction of sp³-hybridized carbons (Fsp3) is 0.314. The standard InChI is InChI=1S/C35H33Cl2NO4/c1-2-41-31-19-24(18-26(37)35(31)42-21-23-12-6-7-13-25(23)36)32-33-27(14-8-16-29(33)39)38(20-22-10-4-3-5-11-22)28-15-9-17-30(40)34(28)32/h3-7,10-13,18-19,32H,2,8-9,14-17,20-21H2,1H3. The Morgan fingerprint density at radius 2 is 1.43 bits per heavy atom. The molecule has 5 nitrogen and oxygen atoms in total. The highest BCUT2D eigenvalue weighted by atomic mass is 35.5. The van der Waals surface area contributed by atoms with E-state index in [9.17, 15) is 9.59 Å². The predicted octanol–water partition coefficient (Wildman–Crippen LogP) is 8.58. The van der Waals surface area contributed by atoms with Crippen LogP contribution in [-0.2, 0) is 22.7 Å².